The highest BCUT2D eigenvalue weighted by Gasteiger charge is 2.16. The summed E-state index contributed by atoms with van der Waals surface area (Å²) in [6, 6.07) is 15.5. The van der Waals surface area contributed by atoms with Crippen molar-refractivity contribution in [2.24, 2.45) is 0 Å². The molecule has 2 heterocycles. The van der Waals surface area contributed by atoms with Crippen LogP contribution < -0.4 is 0 Å². The molecular formula is C22H20N4O2. The first kappa shape index (κ1) is 17.7. The Morgan fingerprint density at radius 3 is 2.57 bits per heavy atom. The van der Waals surface area contributed by atoms with Gasteiger partial charge in [-0.25, -0.2) is 14.5 Å². The van der Waals surface area contributed by atoms with Crippen LogP contribution in [0.25, 0.3) is 22.6 Å². The summed E-state index contributed by atoms with van der Waals surface area (Å²) in [7, 11) is 1.39. The van der Waals surface area contributed by atoms with Crippen molar-refractivity contribution in [2.75, 3.05) is 7.11 Å². The van der Waals surface area contributed by atoms with Crippen LogP contribution in [0.4, 0.5) is 0 Å². The Kier molecular flexibility index (Phi) is 4.53. The van der Waals surface area contributed by atoms with Gasteiger partial charge in [-0.15, -0.1) is 0 Å². The van der Waals surface area contributed by atoms with Gasteiger partial charge in [0, 0.05) is 11.8 Å². The second-order valence-corrected chi connectivity index (χ2v) is 6.50. The molecule has 0 aliphatic carbocycles. The molecule has 0 N–H and O–H groups in total. The Morgan fingerprint density at radius 1 is 1.04 bits per heavy atom. The molecule has 0 aliphatic rings. The Morgan fingerprint density at radius 2 is 1.82 bits per heavy atom. The van der Waals surface area contributed by atoms with E-state index < -0.39 is 0 Å². The molecule has 0 saturated carbocycles. The summed E-state index contributed by atoms with van der Waals surface area (Å²) < 4.78 is 8.68. The Bertz CT molecular complexity index is 1140. The van der Waals surface area contributed by atoms with Gasteiger partial charge in [0.25, 0.3) is 0 Å². The minimum absolute atomic E-state index is 0.348. The van der Waals surface area contributed by atoms with Gasteiger partial charge < -0.3 is 9.30 Å². The summed E-state index contributed by atoms with van der Waals surface area (Å²) in [5.41, 5.74) is 6.07. The molecule has 0 unspecified atom stereocenters. The van der Waals surface area contributed by atoms with Crippen LogP contribution in [0.15, 0.2) is 67.3 Å². The first-order valence-electron chi connectivity index (χ1n) is 8.93. The average Bonchev–Trinajstić information content (AvgIpc) is 3.35. The van der Waals surface area contributed by atoms with Crippen molar-refractivity contribution >= 4 is 5.97 Å². The van der Waals surface area contributed by atoms with Crippen molar-refractivity contribution in [2.45, 2.75) is 13.8 Å². The molecule has 0 amide bonds. The number of nitrogens with zero attached hydrogens (tertiary/aromatic N) is 4. The molecule has 28 heavy (non-hydrogen) atoms. The third kappa shape index (κ3) is 2.99. The number of hydrogen-bond donors (Lipinski definition) is 0. The molecule has 140 valence electrons. The van der Waals surface area contributed by atoms with Crippen molar-refractivity contribution in [3.63, 3.8) is 0 Å². The number of esters is 1. The van der Waals surface area contributed by atoms with Gasteiger partial charge in [0.2, 0.25) is 0 Å². The van der Waals surface area contributed by atoms with Crippen molar-refractivity contribution in [1.82, 2.24) is 19.3 Å². The Balaban J connectivity index is 1.72. The van der Waals surface area contributed by atoms with E-state index in [4.69, 9.17) is 4.74 Å². The molecule has 0 bridgehead atoms. The van der Waals surface area contributed by atoms with E-state index >= 15 is 0 Å². The van der Waals surface area contributed by atoms with Crippen LogP contribution in [0.2, 0.25) is 0 Å². The summed E-state index contributed by atoms with van der Waals surface area (Å²) >= 11 is 0. The quantitative estimate of drug-likeness (QED) is 0.506. The fraction of sp³-hybridized carbons (Fsp3) is 0.136. The maximum absolute atomic E-state index is 12.0. The van der Waals surface area contributed by atoms with Gasteiger partial charge >= 0.3 is 5.97 Å². The number of methoxy groups -OCH3 is 1. The van der Waals surface area contributed by atoms with Gasteiger partial charge in [-0.3, -0.25) is 0 Å². The van der Waals surface area contributed by atoms with Crippen molar-refractivity contribution in [3.8, 4) is 22.6 Å². The first-order valence-corrected chi connectivity index (χ1v) is 8.93. The molecule has 4 aromatic rings. The number of ether oxygens (including phenoxy) is 1. The molecule has 0 atom stereocenters. The number of rotatable bonds is 4. The van der Waals surface area contributed by atoms with E-state index in [0.29, 0.717) is 5.56 Å². The number of aromatic nitrogens is 4. The predicted octanol–water partition coefficient (Wildman–Crippen LogP) is 4.13. The number of carbonyl (C=O) groups excluding carboxylic acids is 1. The monoisotopic (exact) mass is 372 g/mol. The summed E-state index contributed by atoms with van der Waals surface area (Å²) in [6.45, 7) is 3.93. The van der Waals surface area contributed by atoms with E-state index in [-0.39, 0.29) is 5.97 Å². The van der Waals surface area contributed by atoms with Gasteiger partial charge in [-0.1, -0.05) is 24.3 Å². The SMILES string of the molecule is COC(=O)c1cccc(-n2cnc(-c3cnn(-c4ccccc4)c3C)c2)c1C. The molecule has 0 aliphatic heterocycles. The fourth-order valence-corrected chi connectivity index (χ4v) is 3.32. The topological polar surface area (TPSA) is 61.9 Å². The number of carbonyl (C=O) groups is 1. The number of hydrogen-bond acceptors (Lipinski definition) is 4. The highest BCUT2D eigenvalue weighted by molar-refractivity contribution is 5.92. The molecular weight excluding hydrogens is 352 g/mol. The molecule has 4 rings (SSSR count). The third-order valence-corrected chi connectivity index (χ3v) is 4.86. The van der Waals surface area contributed by atoms with Crippen LogP contribution in [0.3, 0.4) is 0 Å². The van der Waals surface area contributed by atoms with E-state index in [1.54, 1.807) is 12.4 Å². The van der Waals surface area contributed by atoms with Crippen LogP contribution in [-0.4, -0.2) is 32.4 Å². The van der Waals surface area contributed by atoms with Crippen LogP contribution >= 0.6 is 0 Å². The van der Waals surface area contributed by atoms with Gasteiger partial charge in [-0.05, 0) is 43.7 Å². The summed E-state index contributed by atoms with van der Waals surface area (Å²) in [5.74, 6) is -0.348. The lowest BCUT2D eigenvalue weighted by Gasteiger charge is -2.10. The highest BCUT2D eigenvalue weighted by Crippen LogP contribution is 2.26. The molecule has 0 fully saturated rings. The molecule has 6 heteroatoms. The lowest BCUT2D eigenvalue weighted by atomic mass is 10.1. The summed E-state index contributed by atoms with van der Waals surface area (Å²) in [6.07, 6.45) is 5.52. The molecule has 0 saturated heterocycles. The lowest BCUT2D eigenvalue weighted by Crippen LogP contribution is -2.06. The number of para-hydroxylation sites is 1. The number of benzene rings is 2. The fourth-order valence-electron chi connectivity index (χ4n) is 3.32. The second-order valence-electron chi connectivity index (χ2n) is 6.50. The first-order chi connectivity index (χ1) is 13.6. The Labute approximate surface area is 163 Å². The molecule has 6 nitrogen and oxygen atoms in total. The van der Waals surface area contributed by atoms with Gasteiger partial charge in [0.1, 0.15) is 0 Å². The zero-order chi connectivity index (χ0) is 19.7. The second kappa shape index (κ2) is 7.15. The minimum atomic E-state index is -0.348. The highest BCUT2D eigenvalue weighted by atomic mass is 16.5. The van der Waals surface area contributed by atoms with Crippen molar-refractivity contribution in [1.29, 1.82) is 0 Å². The zero-order valence-electron chi connectivity index (χ0n) is 16.0. The smallest absolute Gasteiger partial charge is 0.338 e. The largest absolute Gasteiger partial charge is 0.465 e. The lowest BCUT2D eigenvalue weighted by molar-refractivity contribution is 0.0600. The number of imidazole rings is 1. The molecule has 0 radical (unpaired) electrons. The van der Waals surface area contributed by atoms with E-state index in [1.165, 1.54) is 7.11 Å². The van der Waals surface area contributed by atoms with Gasteiger partial charge in [-0.2, -0.15) is 5.10 Å². The minimum Gasteiger partial charge on any atom is -0.465 e. The summed E-state index contributed by atoms with van der Waals surface area (Å²) in [5, 5.41) is 4.52. The van der Waals surface area contributed by atoms with Gasteiger partial charge in [0.15, 0.2) is 0 Å². The third-order valence-electron chi connectivity index (χ3n) is 4.86. The van der Waals surface area contributed by atoms with Crippen molar-refractivity contribution in [3.05, 3.63) is 84.1 Å². The van der Waals surface area contributed by atoms with Crippen LogP contribution in [0, 0.1) is 13.8 Å². The van der Waals surface area contributed by atoms with E-state index in [0.717, 1.165) is 33.9 Å². The standard InChI is InChI=1S/C22H20N4O2/c1-15-18(22(27)28-3)10-7-11-21(15)25-13-20(23-14-25)19-12-24-26(16(19)2)17-8-5-4-6-9-17/h4-14H,1-3H3. The normalized spacial score (nSPS) is 10.8. The summed E-state index contributed by atoms with van der Waals surface area (Å²) in [4.78, 5) is 16.5. The molecule has 2 aromatic carbocycles. The van der Waals surface area contributed by atoms with Crippen LogP contribution in [0.1, 0.15) is 21.6 Å². The zero-order valence-corrected chi connectivity index (χ0v) is 16.0. The molecule has 2 aromatic heterocycles. The maximum atomic E-state index is 12.0. The van der Waals surface area contributed by atoms with Crippen LogP contribution in [-0.2, 0) is 4.74 Å². The van der Waals surface area contributed by atoms with Crippen LogP contribution in [0.5, 0.6) is 0 Å². The van der Waals surface area contributed by atoms with E-state index in [2.05, 4.69) is 10.1 Å². The molecule has 0 spiro atoms. The van der Waals surface area contributed by atoms with Gasteiger partial charge in [0.05, 0.1) is 48.0 Å². The maximum Gasteiger partial charge on any atom is 0.338 e. The van der Waals surface area contributed by atoms with Crippen molar-refractivity contribution < 1.29 is 9.53 Å². The Hall–Kier alpha value is -3.67. The predicted molar refractivity (Wildman–Crippen MR) is 107 cm³/mol. The average molecular weight is 372 g/mol. The van der Waals surface area contributed by atoms with E-state index in [9.17, 15) is 4.79 Å². The van der Waals surface area contributed by atoms with E-state index in [1.807, 2.05) is 78.0 Å².